The molecule has 0 radical (unpaired) electrons. The number of para-hydroxylation sites is 1. The van der Waals surface area contributed by atoms with Crippen LogP contribution >= 0.6 is 0 Å². The van der Waals surface area contributed by atoms with Crippen LogP contribution in [0, 0.1) is 0 Å². The molecule has 4 rings (SSSR count). The third-order valence-corrected chi connectivity index (χ3v) is 4.49. The average Bonchev–Trinajstić information content (AvgIpc) is 3.47. The Bertz CT molecular complexity index is 1150. The molecule has 0 fully saturated rings. The van der Waals surface area contributed by atoms with Crippen LogP contribution in [0.25, 0.3) is 11.6 Å². The minimum absolute atomic E-state index is 0.292. The first-order valence-corrected chi connectivity index (χ1v) is 9.25. The van der Waals surface area contributed by atoms with Gasteiger partial charge in [0.25, 0.3) is 5.91 Å². The zero-order valence-electron chi connectivity index (χ0n) is 16.5. The van der Waals surface area contributed by atoms with Gasteiger partial charge in [0.2, 0.25) is 11.8 Å². The van der Waals surface area contributed by atoms with E-state index in [0.29, 0.717) is 35.4 Å². The number of hydrogen-bond donors (Lipinski definition) is 1. The monoisotopic (exact) mass is 404 g/mol. The van der Waals surface area contributed by atoms with Crippen molar-refractivity contribution in [2.75, 3.05) is 19.5 Å². The Morgan fingerprint density at radius 1 is 1.07 bits per heavy atom. The van der Waals surface area contributed by atoms with Crippen LogP contribution in [0.1, 0.15) is 15.9 Å². The number of furan rings is 1. The second kappa shape index (κ2) is 8.52. The number of carbonyl (C=O) groups excluding carboxylic acids is 1. The van der Waals surface area contributed by atoms with Crippen molar-refractivity contribution in [2.24, 2.45) is 0 Å². The van der Waals surface area contributed by atoms with Gasteiger partial charge >= 0.3 is 0 Å². The van der Waals surface area contributed by atoms with Gasteiger partial charge in [-0.3, -0.25) is 4.79 Å². The quantitative estimate of drug-likeness (QED) is 0.500. The smallest absolute Gasteiger partial charge is 0.281 e. The van der Waals surface area contributed by atoms with E-state index in [4.69, 9.17) is 13.9 Å². The first-order chi connectivity index (χ1) is 14.7. The third kappa shape index (κ3) is 3.88. The first kappa shape index (κ1) is 19.3. The van der Waals surface area contributed by atoms with Crippen LogP contribution in [-0.4, -0.2) is 34.9 Å². The number of hydrogen-bond acceptors (Lipinski definition) is 7. The van der Waals surface area contributed by atoms with Crippen molar-refractivity contribution in [3.8, 4) is 23.1 Å². The van der Waals surface area contributed by atoms with Crippen molar-refractivity contribution in [1.82, 2.24) is 14.8 Å². The Morgan fingerprint density at radius 3 is 2.70 bits per heavy atom. The number of methoxy groups -OCH3 is 2. The van der Waals surface area contributed by atoms with Crippen LogP contribution in [0.4, 0.5) is 5.95 Å². The molecule has 8 nitrogen and oxygen atoms in total. The summed E-state index contributed by atoms with van der Waals surface area (Å²) in [6, 6.07) is 18.0. The summed E-state index contributed by atoms with van der Waals surface area (Å²) < 4.78 is 17.2. The van der Waals surface area contributed by atoms with Gasteiger partial charge in [0.1, 0.15) is 11.5 Å². The van der Waals surface area contributed by atoms with Gasteiger partial charge in [0, 0.05) is 17.7 Å². The Hall–Kier alpha value is -4.07. The number of carbonyl (C=O) groups is 1. The highest BCUT2D eigenvalue weighted by Crippen LogP contribution is 2.23. The molecular formula is C22H20N4O4. The van der Waals surface area contributed by atoms with Gasteiger partial charge in [-0.25, -0.2) is 0 Å². The lowest BCUT2D eigenvalue weighted by Gasteiger charge is -2.10. The van der Waals surface area contributed by atoms with E-state index in [9.17, 15) is 4.79 Å². The predicted octanol–water partition coefficient (Wildman–Crippen LogP) is 3.86. The molecule has 2 heterocycles. The molecule has 0 aliphatic heterocycles. The van der Waals surface area contributed by atoms with Crippen LogP contribution in [0.15, 0.2) is 71.3 Å². The van der Waals surface area contributed by atoms with E-state index in [1.165, 1.54) is 10.9 Å². The molecule has 1 N–H and O–H groups in total. The highest BCUT2D eigenvalue weighted by atomic mass is 16.5. The van der Waals surface area contributed by atoms with Gasteiger partial charge in [-0.05, 0) is 36.4 Å². The van der Waals surface area contributed by atoms with E-state index in [2.05, 4.69) is 15.4 Å². The standard InChI is InChI=1S/C22H20N4O4/c1-28-17-9-5-8-15(13-17)21(27)26-22(24-20(25-26)19-11-6-12-30-19)23-14-16-7-3-4-10-18(16)29-2/h3-13H,14H2,1-2H3,(H,23,24,25). The normalized spacial score (nSPS) is 10.6. The van der Waals surface area contributed by atoms with E-state index in [-0.39, 0.29) is 5.91 Å². The molecule has 152 valence electrons. The number of nitrogens with zero attached hydrogens (tertiary/aromatic N) is 3. The van der Waals surface area contributed by atoms with Crippen molar-refractivity contribution in [2.45, 2.75) is 6.54 Å². The molecule has 0 unspecified atom stereocenters. The Morgan fingerprint density at radius 2 is 1.93 bits per heavy atom. The molecule has 0 spiro atoms. The summed E-state index contributed by atoms with van der Waals surface area (Å²) in [6.45, 7) is 0.395. The van der Waals surface area contributed by atoms with E-state index in [1.54, 1.807) is 50.6 Å². The van der Waals surface area contributed by atoms with Crippen LogP contribution in [0.5, 0.6) is 11.5 Å². The van der Waals surface area contributed by atoms with Gasteiger partial charge in [-0.15, -0.1) is 5.10 Å². The van der Waals surface area contributed by atoms with E-state index >= 15 is 0 Å². The third-order valence-electron chi connectivity index (χ3n) is 4.49. The number of ether oxygens (including phenoxy) is 2. The summed E-state index contributed by atoms with van der Waals surface area (Å²) in [7, 11) is 3.16. The van der Waals surface area contributed by atoms with Crippen LogP contribution in [0.3, 0.4) is 0 Å². The number of nitrogens with one attached hydrogen (secondary N) is 1. The fourth-order valence-electron chi connectivity index (χ4n) is 2.98. The van der Waals surface area contributed by atoms with Gasteiger partial charge in [0.05, 0.1) is 20.5 Å². The summed E-state index contributed by atoms with van der Waals surface area (Å²) in [5.41, 5.74) is 1.34. The lowest BCUT2D eigenvalue weighted by molar-refractivity contribution is 0.0947. The van der Waals surface area contributed by atoms with Gasteiger partial charge < -0.3 is 19.2 Å². The predicted molar refractivity (Wildman–Crippen MR) is 111 cm³/mol. The Labute approximate surface area is 173 Å². The molecule has 0 amide bonds. The highest BCUT2D eigenvalue weighted by Gasteiger charge is 2.20. The van der Waals surface area contributed by atoms with Gasteiger partial charge in [0.15, 0.2) is 5.76 Å². The fraction of sp³-hybridized carbons (Fsp3) is 0.136. The summed E-state index contributed by atoms with van der Waals surface area (Å²) in [5.74, 6) is 2.03. The highest BCUT2D eigenvalue weighted by molar-refractivity contribution is 5.97. The molecule has 0 aliphatic carbocycles. The maximum absolute atomic E-state index is 13.2. The van der Waals surface area contributed by atoms with Gasteiger partial charge in [-0.1, -0.05) is 24.3 Å². The molecule has 0 saturated carbocycles. The van der Waals surface area contributed by atoms with E-state index in [1.807, 2.05) is 24.3 Å². The van der Waals surface area contributed by atoms with Crippen molar-refractivity contribution in [3.05, 3.63) is 78.1 Å². The molecule has 2 aromatic carbocycles. The van der Waals surface area contributed by atoms with Crippen molar-refractivity contribution < 1.29 is 18.7 Å². The van der Waals surface area contributed by atoms with Crippen molar-refractivity contribution in [1.29, 1.82) is 0 Å². The second-order valence-corrected chi connectivity index (χ2v) is 6.35. The minimum Gasteiger partial charge on any atom is -0.497 e. The largest absolute Gasteiger partial charge is 0.497 e. The molecule has 8 heteroatoms. The summed E-state index contributed by atoms with van der Waals surface area (Å²) >= 11 is 0. The van der Waals surface area contributed by atoms with Crippen molar-refractivity contribution >= 4 is 11.9 Å². The molecule has 0 bridgehead atoms. The SMILES string of the molecule is COc1cccc(C(=O)n2nc(-c3ccco3)nc2NCc2ccccc2OC)c1. The minimum atomic E-state index is -0.346. The average molecular weight is 404 g/mol. The molecule has 0 aliphatic rings. The maximum Gasteiger partial charge on any atom is 0.281 e. The molecule has 4 aromatic rings. The number of aromatic nitrogens is 3. The number of benzene rings is 2. The summed E-state index contributed by atoms with van der Waals surface area (Å²) in [5, 5.41) is 7.55. The Kier molecular flexibility index (Phi) is 5.47. The summed E-state index contributed by atoms with van der Waals surface area (Å²) in [4.78, 5) is 17.6. The molecule has 30 heavy (non-hydrogen) atoms. The van der Waals surface area contributed by atoms with E-state index in [0.717, 1.165) is 11.3 Å². The second-order valence-electron chi connectivity index (χ2n) is 6.35. The van der Waals surface area contributed by atoms with Crippen LogP contribution in [0.2, 0.25) is 0 Å². The van der Waals surface area contributed by atoms with Gasteiger partial charge in [-0.2, -0.15) is 9.67 Å². The molecule has 2 aromatic heterocycles. The topological polar surface area (TPSA) is 91.4 Å². The molecule has 0 atom stereocenters. The lowest BCUT2D eigenvalue weighted by atomic mass is 10.2. The fourth-order valence-corrected chi connectivity index (χ4v) is 2.98. The van der Waals surface area contributed by atoms with Crippen molar-refractivity contribution in [3.63, 3.8) is 0 Å². The molecular weight excluding hydrogens is 384 g/mol. The van der Waals surface area contributed by atoms with Crippen LogP contribution in [-0.2, 0) is 6.54 Å². The Balaban J connectivity index is 1.68. The number of anilines is 1. The lowest BCUT2D eigenvalue weighted by Crippen LogP contribution is -2.17. The zero-order valence-corrected chi connectivity index (χ0v) is 16.5. The number of rotatable bonds is 7. The van der Waals surface area contributed by atoms with Crippen LogP contribution < -0.4 is 14.8 Å². The first-order valence-electron chi connectivity index (χ1n) is 9.25. The molecule has 0 saturated heterocycles. The maximum atomic E-state index is 13.2. The van der Waals surface area contributed by atoms with E-state index < -0.39 is 0 Å². The zero-order chi connectivity index (χ0) is 20.9. The summed E-state index contributed by atoms with van der Waals surface area (Å²) in [6.07, 6.45) is 1.53.